The number of aromatic amines is 1. The minimum atomic E-state index is -1.63. The molecule has 2 saturated carbocycles. The maximum Gasteiger partial charge on any atom is 0.329 e. The Balaban J connectivity index is 1.90. The highest BCUT2D eigenvalue weighted by Crippen LogP contribution is 2.65. The van der Waals surface area contributed by atoms with E-state index >= 15 is 0 Å². The fourth-order valence-electron chi connectivity index (χ4n) is 3.61. The van der Waals surface area contributed by atoms with Crippen LogP contribution in [-0.4, -0.2) is 60.1 Å². The molecule has 1 amide bonds. The Morgan fingerprint density at radius 3 is 2.71 bits per heavy atom. The average molecular weight is 355 g/mol. The minimum absolute atomic E-state index is 0.102. The van der Waals surface area contributed by atoms with Crippen molar-refractivity contribution in [1.29, 1.82) is 0 Å². The third-order valence-corrected chi connectivity index (χ3v) is 5.88. The summed E-state index contributed by atoms with van der Waals surface area (Å²) < 4.78 is 0. The van der Waals surface area contributed by atoms with Gasteiger partial charge in [-0.2, -0.15) is 5.10 Å². The predicted octanol–water partition coefficient (Wildman–Crippen LogP) is -1.10. The number of hydrogen-bond donors (Lipinski definition) is 5. The van der Waals surface area contributed by atoms with Crippen LogP contribution in [0.4, 0.5) is 0 Å². The van der Waals surface area contributed by atoms with Gasteiger partial charge in [0.15, 0.2) is 5.16 Å². The molecule has 24 heavy (non-hydrogen) atoms. The van der Waals surface area contributed by atoms with E-state index in [1.165, 1.54) is 25.0 Å². The molecule has 2 fully saturated rings. The summed E-state index contributed by atoms with van der Waals surface area (Å²) in [5.74, 6) is -4.76. The number of aliphatic carboxylic acids is 2. The Labute approximate surface area is 140 Å². The Kier molecular flexibility index (Phi) is 4.00. The van der Waals surface area contributed by atoms with E-state index in [-0.39, 0.29) is 17.6 Å². The summed E-state index contributed by atoms with van der Waals surface area (Å²) in [6.45, 7) is 1.44. The van der Waals surface area contributed by atoms with Gasteiger partial charge < -0.3 is 21.3 Å². The monoisotopic (exact) mass is 355 g/mol. The molecule has 0 spiro atoms. The van der Waals surface area contributed by atoms with Gasteiger partial charge in [0.2, 0.25) is 5.91 Å². The molecular weight excluding hydrogens is 338 g/mol. The molecule has 2 aliphatic carbocycles. The van der Waals surface area contributed by atoms with Crippen molar-refractivity contribution >= 4 is 29.6 Å². The van der Waals surface area contributed by atoms with Gasteiger partial charge in [0.1, 0.15) is 11.9 Å². The second-order valence-electron chi connectivity index (χ2n) is 6.17. The molecule has 0 radical (unpaired) electrons. The number of carbonyl (C=O) groups is 3. The largest absolute Gasteiger partial charge is 0.481 e. The van der Waals surface area contributed by atoms with Gasteiger partial charge in [-0.05, 0) is 19.3 Å². The molecule has 3 rings (SSSR count). The van der Waals surface area contributed by atoms with Gasteiger partial charge in [0, 0.05) is 11.2 Å². The molecule has 1 aromatic rings. The molecule has 1 aromatic heterocycles. The first kappa shape index (κ1) is 16.7. The predicted molar refractivity (Wildman–Crippen MR) is 80.9 cm³/mol. The van der Waals surface area contributed by atoms with Crippen molar-refractivity contribution in [1.82, 2.24) is 20.5 Å². The number of nitrogens with two attached hydrogens (primary N) is 1. The number of fused-ring (bicyclic) bond motifs is 1. The number of thioether (sulfide) groups is 1. The Bertz CT molecular complexity index is 680. The van der Waals surface area contributed by atoms with Gasteiger partial charge in [-0.1, -0.05) is 11.8 Å². The fourth-order valence-corrected chi connectivity index (χ4v) is 4.95. The number of carboxylic acid groups (broad SMARTS) is 2. The molecule has 2 aliphatic rings. The quantitative estimate of drug-likeness (QED) is 0.425. The Morgan fingerprint density at radius 2 is 2.21 bits per heavy atom. The summed E-state index contributed by atoms with van der Waals surface area (Å²) >= 11 is 1.25. The third kappa shape index (κ3) is 2.53. The SMILES string of the molecule is C[C@H](N)C(=O)N[C@@]1(C(=O)O)CC(Sc2ncn[nH]2)C2[C@H](C(=O)O)[C@H]21. The highest BCUT2D eigenvalue weighted by molar-refractivity contribution is 7.99. The van der Waals surface area contributed by atoms with E-state index in [4.69, 9.17) is 5.73 Å². The van der Waals surface area contributed by atoms with E-state index in [0.29, 0.717) is 5.16 Å². The van der Waals surface area contributed by atoms with E-state index in [2.05, 4.69) is 20.5 Å². The molecule has 6 atom stereocenters. The molecule has 0 saturated heterocycles. The van der Waals surface area contributed by atoms with Gasteiger partial charge in [-0.15, -0.1) is 0 Å². The minimum Gasteiger partial charge on any atom is -0.481 e. The number of carboxylic acids is 2. The first-order valence-electron chi connectivity index (χ1n) is 7.33. The molecule has 0 bridgehead atoms. The lowest BCUT2D eigenvalue weighted by molar-refractivity contribution is -0.149. The lowest BCUT2D eigenvalue weighted by Crippen LogP contribution is -2.59. The number of carbonyl (C=O) groups excluding carboxylic acids is 1. The van der Waals surface area contributed by atoms with Crippen LogP contribution in [0.2, 0.25) is 0 Å². The zero-order valence-electron chi connectivity index (χ0n) is 12.7. The van der Waals surface area contributed by atoms with Crippen LogP contribution in [0.3, 0.4) is 0 Å². The first-order valence-corrected chi connectivity index (χ1v) is 8.21. The van der Waals surface area contributed by atoms with Crippen LogP contribution < -0.4 is 11.1 Å². The molecule has 10 nitrogen and oxygen atoms in total. The van der Waals surface area contributed by atoms with E-state index in [9.17, 15) is 24.6 Å². The Morgan fingerprint density at radius 1 is 1.50 bits per heavy atom. The molecule has 0 aliphatic heterocycles. The zero-order chi connectivity index (χ0) is 17.6. The number of nitrogens with one attached hydrogen (secondary N) is 2. The smallest absolute Gasteiger partial charge is 0.329 e. The number of hydrogen-bond acceptors (Lipinski definition) is 7. The first-order chi connectivity index (χ1) is 11.3. The van der Waals surface area contributed by atoms with E-state index < -0.39 is 41.3 Å². The highest BCUT2D eigenvalue weighted by Gasteiger charge is 2.75. The number of nitrogens with zero attached hydrogens (tertiary/aromatic N) is 2. The Hall–Kier alpha value is -2.14. The summed E-state index contributed by atoms with van der Waals surface area (Å²) in [6.07, 6.45) is 1.42. The summed E-state index contributed by atoms with van der Waals surface area (Å²) in [5, 5.41) is 28.2. The number of amides is 1. The maximum atomic E-state index is 12.0. The van der Waals surface area contributed by atoms with E-state index in [0.717, 1.165) is 0 Å². The summed E-state index contributed by atoms with van der Waals surface area (Å²) in [7, 11) is 0. The second-order valence-corrected chi connectivity index (χ2v) is 7.40. The summed E-state index contributed by atoms with van der Waals surface area (Å²) in [5.41, 5.74) is 3.89. The van der Waals surface area contributed by atoms with Crippen LogP contribution in [-0.2, 0) is 14.4 Å². The molecule has 2 unspecified atom stereocenters. The lowest BCUT2D eigenvalue weighted by Gasteiger charge is -2.30. The second kappa shape index (κ2) is 5.74. The van der Waals surface area contributed by atoms with Gasteiger partial charge in [-0.3, -0.25) is 14.7 Å². The molecular formula is C13H17N5O5S. The molecule has 6 N–H and O–H groups in total. The lowest BCUT2D eigenvalue weighted by atomic mass is 9.89. The van der Waals surface area contributed by atoms with Crippen molar-refractivity contribution in [2.45, 2.75) is 35.3 Å². The highest BCUT2D eigenvalue weighted by atomic mass is 32.2. The van der Waals surface area contributed by atoms with Crippen molar-refractivity contribution in [2.75, 3.05) is 0 Å². The van der Waals surface area contributed by atoms with Crippen LogP contribution in [0.25, 0.3) is 0 Å². The van der Waals surface area contributed by atoms with Crippen molar-refractivity contribution in [3.05, 3.63) is 6.33 Å². The van der Waals surface area contributed by atoms with Crippen molar-refractivity contribution in [3.63, 3.8) is 0 Å². The van der Waals surface area contributed by atoms with Crippen LogP contribution in [0.15, 0.2) is 11.5 Å². The van der Waals surface area contributed by atoms with Crippen LogP contribution in [0, 0.1) is 17.8 Å². The molecule has 0 aromatic carbocycles. The summed E-state index contributed by atoms with van der Waals surface area (Å²) in [4.78, 5) is 39.4. The number of rotatable bonds is 6. The number of aromatic nitrogens is 3. The normalized spacial score (nSPS) is 35.1. The van der Waals surface area contributed by atoms with Crippen molar-refractivity contribution in [2.24, 2.45) is 23.5 Å². The van der Waals surface area contributed by atoms with Crippen molar-refractivity contribution < 1.29 is 24.6 Å². The molecule has 130 valence electrons. The van der Waals surface area contributed by atoms with Crippen LogP contribution >= 0.6 is 11.8 Å². The third-order valence-electron chi connectivity index (χ3n) is 4.68. The topological polar surface area (TPSA) is 171 Å². The number of H-pyrrole nitrogens is 1. The standard InChI is InChI=1S/C13H17N5O5S/c1-4(14)9(19)17-13(11(22)23)2-5(24-12-15-3-16-18-12)6-7(8(6)13)10(20)21/h3-8H,2,14H2,1H3,(H,17,19)(H,20,21)(H,22,23)(H,15,16,18)/t4-,5?,6?,7-,8-,13-/m0/s1. The molecule has 11 heteroatoms. The fraction of sp³-hybridized carbons (Fsp3) is 0.615. The van der Waals surface area contributed by atoms with E-state index in [1.54, 1.807) is 0 Å². The maximum absolute atomic E-state index is 12.0. The average Bonchev–Trinajstić information content (AvgIpc) is 2.90. The van der Waals surface area contributed by atoms with Crippen LogP contribution in [0.5, 0.6) is 0 Å². The van der Waals surface area contributed by atoms with Crippen molar-refractivity contribution in [3.8, 4) is 0 Å². The zero-order valence-corrected chi connectivity index (χ0v) is 13.5. The van der Waals surface area contributed by atoms with Gasteiger partial charge >= 0.3 is 11.9 Å². The van der Waals surface area contributed by atoms with E-state index in [1.807, 2.05) is 0 Å². The van der Waals surface area contributed by atoms with Gasteiger partial charge in [0.05, 0.1) is 12.0 Å². The molecule has 1 heterocycles. The van der Waals surface area contributed by atoms with Gasteiger partial charge in [0.25, 0.3) is 0 Å². The summed E-state index contributed by atoms with van der Waals surface area (Å²) in [6, 6.07) is -0.886. The van der Waals surface area contributed by atoms with Crippen LogP contribution in [0.1, 0.15) is 13.3 Å². The van der Waals surface area contributed by atoms with Gasteiger partial charge in [-0.25, -0.2) is 9.78 Å².